The number of amides is 1. The lowest BCUT2D eigenvalue weighted by molar-refractivity contribution is -0.122. The number of aryl methyl sites for hydroxylation is 1. The molecule has 1 fully saturated rings. The summed E-state index contributed by atoms with van der Waals surface area (Å²) in [6, 6.07) is 12.7. The molecule has 1 heterocycles. The molecule has 0 radical (unpaired) electrons. The van der Waals surface area contributed by atoms with Crippen molar-refractivity contribution in [3.63, 3.8) is 0 Å². The summed E-state index contributed by atoms with van der Waals surface area (Å²) in [5.41, 5.74) is 8.61. The summed E-state index contributed by atoms with van der Waals surface area (Å²) in [7, 11) is 0. The van der Waals surface area contributed by atoms with Gasteiger partial charge in [-0.15, -0.1) is 11.3 Å². The van der Waals surface area contributed by atoms with Crippen LogP contribution in [0.15, 0.2) is 41.8 Å². The minimum Gasteiger partial charge on any atom is -0.348 e. The lowest BCUT2D eigenvalue weighted by Crippen LogP contribution is -2.34. The molecular formula is C20H26N2OS. The first-order chi connectivity index (χ1) is 11.6. The van der Waals surface area contributed by atoms with Crippen LogP contribution in [-0.2, 0) is 11.2 Å². The van der Waals surface area contributed by atoms with E-state index in [9.17, 15) is 4.79 Å². The molecule has 2 aromatic rings. The van der Waals surface area contributed by atoms with Crippen molar-refractivity contribution < 1.29 is 4.79 Å². The Morgan fingerprint density at radius 3 is 2.71 bits per heavy atom. The standard InChI is InChI=1S/C20H26N2OS/c1-14-10-11-24-20(14)18(12-15-6-3-2-4-7-15)22-19(23)13-16-8-5-9-17(16)21/h2-4,6-7,10-11,16-18H,5,8-9,12-13,21H2,1H3,(H,22,23)/t16-,17+,18?/m0/s1. The number of nitrogens with one attached hydrogen (secondary N) is 1. The van der Waals surface area contributed by atoms with E-state index in [-0.39, 0.29) is 18.0 Å². The van der Waals surface area contributed by atoms with E-state index in [0.717, 1.165) is 25.7 Å². The Labute approximate surface area is 148 Å². The maximum atomic E-state index is 12.6. The summed E-state index contributed by atoms with van der Waals surface area (Å²) >= 11 is 1.72. The fourth-order valence-electron chi connectivity index (χ4n) is 3.61. The molecule has 0 bridgehead atoms. The van der Waals surface area contributed by atoms with Crippen LogP contribution in [0.1, 0.15) is 47.7 Å². The van der Waals surface area contributed by atoms with E-state index in [0.29, 0.717) is 12.3 Å². The molecule has 1 aliphatic rings. The Bertz CT molecular complexity index is 667. The van der Waals surface area contributed by atoms with Gasteiger partial charge >= 0.3 is 0 Å². The summed E-state index contributed by atoms with van der Waals surface area (Å²) in [4.78, 5) is 13.8. The topological polar surface area (TPSA) is 55.1 Å². The molecule has 1 saturated carbocycles. The number of nitrogens with two attached hydrogens (primary N) is 1. The van der Waals surface area contributed by atoms with Crippen molar-refractivity contribution in [2.45, 2.75) is 51.1 Å². The third-order valence-corrected chi connectivity index (χ3v) is 6.13. The van der Waals surface area contributed by atoms with Crippen LogP contribution in [0.4, 0.5) is 0 Å². The smallest absolute Gasteiger partial charge is 0.220 e. The van der Waals surface area contributed by atoms with E-state index >= 15 is 0 Å². The predicted molar refractivity (Wildman–Crippen MR) is 100 cm³/mol. The summed E-state index contributed by atoms with van der Waals surface area (Å²) in [5, 5.41) is 5.37. The van der Waals surface area contributed by atoms with Gasteiger partial charge in [0.1, 0.15) is 0 Å². The molecule has 3 N–H and O–H groups in total. The van der Waals surface area contributed by atoms with E-state index in [4.69, 9.17) is 5.73 Å². The maximum Gasteiger partial charge on any atom is 0.220 e. The second-order valence-corrected chi connectivity index (χ2v) is 7.78. The largest absolute Gasteiger partial charge is 0.348 e. The highest BCUT2D eigenvalue weighted by Gasteiger charge is 2.27. The SMILES string of the molecule is Cc1ccsc1C(Cc1ccccc1)NC(=O)C[C@@H]1CCC[C@H]1N. The first kappa shape index (κ1) is 17.2. The van der Waals surface area contributed by atoms with Gasteiger partial charge in [-0.25, -0.2) is 0 Å². The minimum absolute atomic E-state index is 0.0394. The highest BCUT2D eigenvalue weighted by atomic mass is 32.1. The molecule has 4 heteroatoms. The zero-order valence-corrected chi connectivity index (χ0v) is 15.0. The highest BCUT2D eigenvalue weighted by Crippen LogP contribution is 2.29. The molecule has 1 unspecified atom stereocenters. The number of rotatable bonds is 6. The Kier molecular flexibility index (Phi) is 5.69. The van der Waals surface area contributed by atoms with E-state index < -0.39 is 0 Å². The fraction of sp³-hybridized carbons (Fsp3) is 0.450. The molecule has 1 amide bonds. The van der Waals surface area contributed by atoms with Gasteiger partial charge in [0, 0.05) is 17.3 Å². The van der Waals surface area contributed by atoms with Crippen LogP contribution in [0.2, 0.25) is 0 Å². The average molecular weight is 343 g/mol. The first-order valence-electron chi connectivity index (χ1n) is 8.76. The fourth-order valence-corrected chi connectivity index (χ4v) is 4.59. The maximum absolute atomic E-state index is 12.6. The van der Waals surface area contributed by atoms with E-state index in [1.165, 1.54) is 16.0 Å². The molecule has 24 heavy (non-hydrogen) atoms. The van der Waals surface area contributed by atoms with Crippen molar-refractivity contribution in [1.82, 2.24) is 5.32 Å². The molecular weight excluding hydrogens is 316 g/mol. The third-order valence-electron chi connectivity index (χ3n) is 5.00. The third kappa shape index (κ3) is 4.25. The molecule has 1 aromatic carbocycles. The second kappa shape index (κ2) is 7.95. The lowest BCUT2D eigenvalue weighted by Gasteiger charge is -2.21. The molecule has 0 spiro atoms. The van der Waals surface area contributed by atoms with E-state index in [1.807, 2.05) is 18.2 Å². The van der Waals surface area contributed by atoms with Crippen molar-refractivity contribution in [3.8, 4) is 0 Å². The van der Waals surface area contributed by atoms with Gasteiger partial charge in [-0.3, -0.25) is 4.79 Å². The van der Waals surface area contributed by atoms with Crippen LogP contribution >= 0.6 is 11.3 Å². The molecule has 3 rings (SSSR count). The van der Waals surface area contributed by atoms with Gasteiger partial charge in [0.05, 0.1) is 6.04 Å². The number of hydrogen-bond acceptors (Lipinski definition) is 3. The van der Waals surface area contributed by atoms with E-state index in [1.54, 1.807) is 11.3 Å². The van der Waals surface area contributed by atoms with E-state index in [2.05, 4.69) is 35.8 Å². The zero-order valence-electron chi connectivity index (χ0n) is 14.2. The zero-order chi connectivity index (χ0) is 16.9. The van der Waals surface area contributed by atoms with Gasteiger partial charge in [0.2, 0.25) is 5.91 Å². The van der Waals surface area contributed by atoms with Crippen LogP contribution in [0, 0.1) is 12.8 Å². The molecule has 3 atom stereocenters. The number of benzene rings is 1. The molecule has 128 valence electrons. The number of carbonyl (C=O) groups is 1. The predicted octanol–water partition coefficient (Wildman–Crippen LogP) is 3.97. The Hall–Kier alpha value is -1.65. The monoisotopic (exact) mass is 342 g/mol. The normalized spacial score (nSPS) is 21.6. The molecule has 3 nitrogen and oxygen atoms in total. The molecule has 1 aliphatic carbocycles. The minimum atomic E-state index is 0.0394. The Morgan fingerprint density at radius 1 is 1.29 bits per heavy atom. The van der Waals surface area contributed by atoms with Gasteiger partial charge < -0.3 is 11.1 Å². The number of carbonyl (C=O) groups excluding carboxylic acids is 1. The van der Waals surface area contributed by atoms with Crippen LogP contribution in [0.5, 0.6) is 0 Å². The van der Waals surface area contributed by atoms with Crippen molar-refractivity contribution in [3.05, 3.63) is 57.8 Å². The van der Waals surface area contributed by atoms with Gasteiger partial charge in [-0.1, -0.05) is 36.8 Å². The van der Waals surface area contributed by atoms with Gasteiger partial charge in [-0.05, 0) is 54.7 Å². The van der Waals surface area contributed by atoms with Crippen LogP contribution in [0.25, 0.3) is 0 Å². The molecule has 0 aliphatic heterocycles. The Balaban J connectivity index is 1.70. The summed E-state index contributed by atoms with van der Waals surface area (Å²) < 4.78 is 0. The first-order valence-corrected chi connectivity index (χ1v) is 9.64. The van der Waals surface area contributed by atoms with Crippen LogP contribution in [-0.4, -0.2) is 11.9 Å². The lowest BCUT2D eigenvalue weighted by atomic mass is 9.98. The molecule has 1 aromatic heterocycles. The summed E-state index contributed by atoms with van der Waals surface area (Å²) in [5.74, 6) is 0.470. The van der Waals surface area contributed by atoms with Crippen LogP contribution in [0.3, 0.4) is 0 Å². The van der Waals surface area contributed by atoms with Crippen molar-refractivity contribution in [1.29, 1.82) is 0 Å². The summed E-state index contributed by atoms with van der Waals surface area (Å²) in [6.07, 6.45) is 4.66. The molecule has 0 saturated heterocycles. The van der Waals surface area contributed by atoms with Crippen molar-refractivity contribution in [2.24, 2.45) is 11.7 Å². The Morgan fingerprint density at radius 2 is 2.08 bits per heavy atom. The van der Waals surface area contributed by atoms with Gasteiger partial charge in [-0.2, -0.15) is 0 Å². The quantitative estimate of drug-likeness (QED) is 0.834. The van der Waals surface area contributed by atoms with Crippen molar-refractivity contribution >= 4 is 17.2 Å². The number of hydrogen-bond donors (Lipinski definition) is 2. The van der Waals surface area contributed by atoms with Crippen LogP contribution < -0.4 is 11.1 Å². The summed E-state index contributed by atoms with van der Waals surface area (Å²) in [6.45, 7) is 2.11. The highest BCUT2D eigenvalue weighted by molar-refractivity contribution is 7.10. The average Bonchev–Trinajstić information content (AvgIpc) is 3.16. The number of thiophene rings is 1. The van der Waals surface area contributed by atoms with Gasteiger partial charge in [0.25, 0.3) is 0 Å². The van der Waals surface area contributed by atoms with Crippen molar-refractivity contribution in [2.75, 3.05) is 0 Å². The van der Waals surface area contributed by atoms with Gasteiger partial charge in [0.15, 0.2) is 0 Å². The second-order valence-electron chi connectivity index (χ2n) is 6.84.